The summed E-state index contributed by atoms with van der Waals surface area (Å²) in [6.07, 6.45) is 0.294. The van der Waals surface area contributed by atoms with Crippen LogP contribution in [0.25, 0.3) is 0 Å². The molecule has 5 nitrogen and oxygen atoms in total. The third kappa shape index (κ3) is 3.71. The molecular weight excluding hydrogens is 316 g/mol. The molecule has 136 valence electrons. The molecule has 25 heavy (non-hydrogen) atoms. The van der Waals surface area contributed by atoms with E-state index < -0.39 is 0 Å². The summed E-state index contributed by atoms with van der Waals surface area (Å²) in [5.74, 6) is 0.292. The van der Waals surface area contributed by atoms with E-state index in [0.29, 0.717) is 38.6 Å². The van der Waals surface area contributed by atoms with E-state index in [0.717, 1.165) is 5.69 Å². The van der Waals surface area contributed by atoms with E-state index in [1.54, 1.807) is 9.80 Å². The van der Waals surface area contributed by atoms with E-state index in [1.165, 1.54) is 5.56 Å². The van der Waals surface area contributed by atoms with Gasteiger partial charge in [-0.15, -0.1) is 0 Å². The molecule has 2 heterocycles. The van der Waals surface area contributed by atoms with E-state index in [2.05, 4.69) is 32.9 Å². The van der Waals surface area contributed by atoms with Gasteiger partial charge < -0.3 is 14.5 Å². The number of ether oxygens (including phenoxy) is 1. The first-order valence-corrected chi connectivity index (χ1v) is 9.02. The molecule has 0 saturated carbocycles. The van der Waals surface area contributed by atoms with Crippen LogP contribution in [0, 0.1) is 11.3 Å². The summed E-state index contributed by atoms with van der Waals surface area (Å²) in [5.41, 5.74) is 2.18. The van der Waals surface area contributed by atoms with E-state index >= 15 is 0 Å². The molecule has 0 aliphatic carbocycles. The Hall–Kier alpha value is -1.88. The minimum absolute atomic E-state index is 0.0298. The van der Waals surface area contributed by atoms with Gasteiger partial charge in [0, 0.05) is 37.7 Å². The van der Waals surface area contributed by atoms with Gasteiger partial charge in [-0.1, -0.05) is 32.9 Å². The topological polar surface area (TPSA) is 49.9 Å². The summed E-state index contributed by atoms with van der Waals surface area (Å²) < 4.78 is 5.26. The Morgan fingerprint density at radius 2 is 1.96 bits per heavy atom. The number of nitrogens with zero attached hydrogens (tertiary/aromatic N) is 2. The summed E-state index contributed by atoms with van der Waals surface area (Å²) >= 11 is 0. The van der Waals surface area contributed by atoms with E-state index in [1.807, 2.05) is 19.2 Å². The van der Waals surface area contributed by atoms with Crippen LogP contribution < -0.4 is 4.90 Å². The fraction of sp³-hybridized carbons (Fsp3) is 0.600. The number of anilines is 1. The van der Waals surface area contributed by atoms with Crippen LogP contribution in [0.4, 0.5) is 5.69 Å². The van der Waals surface area contributed by atoms with Crippen LogP contribution in [0.2, 0.25) is 0 Å². The lowest BCUT2D eigenvalue weighted by Gasteiger charge is -2.41. The molecule has 1 aromatic carbocycles. The van der Waals surface area contributed by atoms with E-state index in [-0.39, 0.29) is 23.1 Å². The number of amides is 2. The lowest BCUT2D eigenvalue weighted by Crippen LogP contribution is -2.50. The number of rotatable bonds is 5. The molecule has 0 N–H and O–H groups in total. The minimum Gasteiger partial charge on any atom is -0.380 e. The average Bonchev–Trinajstić information content (AvgIpc) is 2.94. The number of carbonyl (C=O) groups excluding carboxylic acids is 2. The zero-order valence-electron chi connectivity index (χ0n) is 15.6. The summed E-state index contributed by atoms with van der Waals surface area (Å²) in [6.45, 7) is 8.96. The van der Waals surface area contributed by atoms with E-state index in [4.69, 9.17) is 4.74 Å². The van der Waals surface area contributed by atoms with Crippen LogP contribution in [-0.4, -0.2) is 50.1 Å². The minimum atomic E-state index is -0.258. The Kier molecular flexibility index (Phi) is 4.87. The fourth-order valence-electron chi connectivity index (χ4n) is 3.67. The van der Waals surface area contributed by atoms with Crippen molar-refractivity contribution in [3.8, 4) is 0 Å². The third-order valence-corrected chi connectivity index (χ3v) is 5.24. The summed E-state index contributed by atoms with van der Waals surface area (Å²) in [4.78, 5) is 28.7. The van der Waals surface area contributed by atoms with Crippen LogP contribution in [-0.2, 0) is 14.3 Å². The molecule has 2 fully saturated rings. The number of hydrogen-bond donors (Lipinski definition) is 0. The highest BCUT2D eigenvalue weighted by molar-refractivity contribution is 6.00. The van der Waals surface area contributed by atoms with Crippen molar-refractivity contribution in [1.29, 1.82) is 0 Å². The van der Waals surface area contributed by atoms with Crippen molar-refractivity contribution in [3.63, 3.8) is 0 Å². The fourth-order valence-corrected chi connectivity index (χ4v) is 3.67. The maximum Gasteiger partial charge on any atom is 0.227 e. The van der Waals surface area contributed by atoms with Crippen LogP contribution in [0.1, 0.15) is 38.7 Å². The van der Waals surface area contributed by atoms with Gasteiger partial charge in [0.2, 0.25) is 11.8 Å². The molecule has 2 aliphatic heterocycles. The zero-order chi connectivity index (χ0) is 18.2. The Labute approximate surface area is 149 Å². The summed E-state index contributed by atoms with van der Waals surface area (Å²) in [6, 6.07) is 8.09. The van der Waals surface area contributed by atoms with Crippen molar-refractivity contribution in [2.45, 2.75) is 33.1 Å². The quantitative estimate of drug-likeness (QED) is 0.825. The van der Waals surface area contributed by atoms with Gasteiger partial charge in [-0.05, 0) is 23.6 Å². The molecule has 1 unspecified atom stereocenters. The molecule has 2 saturated heterocycles. The molecule has 0 bridgehead atoms. The van der Waals surface area contributed by atoms with Crippen LogP contribution in [0.15, 0.2) is 24.3 Å². The highest BCUT2D eigenvalue weighted by Crippen LogP contribution is 2.30. The smallest absolute Gasteiger partial charge is 0.227 e. The van der Waals surface area contributed by atoms with Crippen molar-refractivity contribution in [3.05, 3.63) is 29.8 Å². The predicted octanol–water partition coefficient (Wildman–Crippen LogP) is 2.66. The van der Waals surface area contributed by atoms with Gasteiger partial charge in [0.15, 0.2) is 0 Å². The Morgan fingerprint density at radius 3 is 2.48 bits per heavy atom. The van der Waals surface area contributed by atoms with Gasteiger partial charge in [-0.3, -0.25) is 9.59 Å². The molecule has 3 rings (SSSR count). The van der Waals surface area contributed by atoms with Crippen LogP contribution >= 0.6 is 0 Å². The molecule has 0 spiro atoms. The van der Waals surface area contributed by atoms with Crippen molar-refractivity contribution in [2.75, 3.05) is 38.3 Å². The lowest BCUT2D eigenvalue weighted by atomic mass is 9.88. The SMILES string of the molecule is CC(C)c1ccc(N2CC(C(=O)N(C)CC3(C)COC3)CC2=O)cc1. The number of hydrogen-bond acceptors (Lipinski definition) is 3. The second-order valence-corrected chi connectivity index (χ2v) is 8.15. The predicted molar refractivity (Wildman–Crippen MR) is 97.6 cm³/mol. The van der Waals surface area contributed by atoms with Crippen LogP contribution in [0.3, 0.4) is 0 Å². The zero-order valence-corrected chi connectivity index (χ0v) is 15.6. The molecule has 0 radical (unpaired) electrons. The van der Waals surface area contributed by atoms with Crippen molar-refractivity contribution >= 4 is 17.5 Å². The second-order valence-electron chi connectivity index (χ2n) is 8.15. The summed E-state index contributed by atoms with van der Waals surface area (Å²) in [7, 11) is 1.83. The molecule has 2 aliphatic rings. The molecule has 0 aromatic heterocycles. The number of carbonyl (C=O) groups is 2. The Bertz CT molecular complexity index is 649. The van der Waals surface area contributed by atoms with Crippen LogP contribution in [0.5, 0.6) is 0 Å². The van der Waals surface area contributed by atoms with Gasteiger partial charge in [0.1, 0.15) is 0 Å². The monoisotopic (exact) mass is 344 g/mol. The highest BCUT2D eigenvalue weighted by Gasteiger charge is 2.40. The number of benzene rings is 1. The van der Waals surface area contributed by atoms with Gasteiger partial charge in [-0.25, -0.2) is 0 Å². The Balaban J connectivity index is 1.64. The first-order valence-electron chi connectivity index (χ1n) is 9.02. The largest absolute Gasteiger partial charge is 0.380 e. The lowest BCUT2D eigenvalue weighted by molar-refractivity contribution is -0.145. The van der Waals surface area contributed by atoms with Gasteiger partial charge >= 0.3 is 0 Å². The third-order valence-electron chi connectivity index (χ3n) is 5.24. The molecular formula is C20H28N2O3. The summed E-state index contributed by atoms with van der Waals surface area (Å²) in [5, 5.41) is 0. The van der Waals surface area contributed by atoms with Crippen molar-refractivity contribution in [1.82, 2.24) is 4.90 Å². The molecule has 1 aromatic rings. The van der Waals surface area contributed by atoms with Crippen molar-refractivity contribution in [2.24, 2.45) is 11.3 Å². The van der Waals surface area contributed by atoms with Gasteiger partial charge in [-0.2, -0.15) is 0 Å². The Morgan fingerprint density at radius 1 is 1.32 bits per heavy atom. The standard InChI is InChI=1S/C20H28N2O3/c1-14(2)15-5-7-17(8-6-15)22-10-16(9-18(22)23)19(24)21(4)11-20(3)12-25-13-20/h5-8,14,16H,9-13H2,1-4H3. The molecule has 5 heteroatoms. The van der Waals surface area contributed by atoms with Crippen molar-refractivity contribution < 1.29 is 14.3 Å². The molecule has 1 atom stereocenters. The van der Waals surface area contributed by atoms with Gasteiger partial charge in [0.25, 0.3) is 0 Å². The van der Waals surface area contributed by atoms with Gasteiger partial charge in [0.05, 0.1) is 19.1 Å². The first kappa shape index (κ1) is 17.9. The first-order chi connectivity index (χ1) is 11.8. The van der Waals surface area contributed by atoms with E-state index in [9.17, 15) is 9.59 Å². The maximum absolute atomic E-state index is 12.7. The molecule has 2 amide bonds. The normalized spacial score (nSPS) is 22.2. The highest BCUT2D eigenvalue weighted by atomic mass is 16.5. The second kappa shape index (κ2) is 6.79. The average molecular weight is 344 g/mol. The maximum atomic E-state index is 12.7.